The van der Waals surface area contributed by atoms with Gasteiger partial charge in [0.05, 0.1) is 12.8 Å². The summed E-state index contributed by atoms with van der Waals surface area (Å²) in [4.78, 5) is 27.5. The topological polar surface area (TPSA) is 147 Å². The first-order valence-corrected chi connectivity index (χ1v) is 7.40. The molecule has 1 saturated heterocycles. The summed E-state index contributed by atoms with van der Waals surface area (Å²) in [5.74, 6) is -0.231. The molecule has 0 aromatic carbocycles. The Morgan fingerprint density at radius 3 is 2.65 bits per heavy atom. The van der Waals surface area contributed by atoms with Crippen LogP contribution in [0.15, 0.2) is 11.0 Å². The molecule has 1 aromatic rings. The van der Waals surface area contributed by atoms with Crippen LogP contribution in [0.25, 0.3) is 0 Å². The minimum atomic E-state index is -1.42. The molecule has 1 aliphatic heterocycles. The normalized spacial score (nSPS) is 30.9. The average molecular weight is 326 g/mol. The summed E-state index contributed by atoms with van der Waals surface area (Å²) in [5.41, 5.74) is -0.841. The van der Waals surface area contributed by atoms with Gasteiger partial charge in [-0.15, -0.1) is 0 Å². The maximum absolute atomic E-state index is 12.0. The second kappa shape index (κ2) is 6.32. The van der Waals surface area contributed by atoms with Crippen molar-refractivity contribution in [3.05, 3.63) is 16.7 Å². The first-order valence-electron chi connectivity index (χ1n) is 7.40. The van der Waals surface area contributed by atoms with E-state index in [0.29, 0.717) is 0 Å². The molecule has 0 unspecified atom stereocenters. The molecule has 0 spiro atoms. The fraction of sp³-hybridized carbons (Fsp3) is 0.692. The Hall–Kier alpha value is -1.88. The van der Waals surface area contributed by atoms with Crippen molar-refractivity contribution in [1.29, 1.82) is 0 Å². The van der Waals surface area contributed by atoms with Crippen molar-refractivity contribution in [3.63, 3.8) is 0 Å². The Morgan fingerprint density at radius 2 is 2.13 bits per heavy atom. The number of carbonyl (C=O) groups is 1. The van der Waals surface area contributed by atoms with E-state index in [1.165, 1.54) is 6.20 Å². The van der Waals surface area contributed by atoms with Crippen LogP contribution in [-0.2, 0) is 9.53 Å². The number of aliphatic hydroxyl groups excluding tert-OH is 3. The molecular weight excluding hydrogens is 308 g/mol. The predicted molar refractivity (Wildman–Crippen MR) is 75.3 cm³/mol. The van der Waals surface area contributed by atoms with Gasteiger partial charge in [0.1, 0.15) is 18.3 Å². The molecule has 2 fully saturated rings. The van der Waals surface area contributed by atoms with E-state index in [-0.39, 0.29) is 17.6 Å². The van der Waals surface area contributed by atoms with Crippen molar-refractivity contribution in [3.8, 4) is 0 Å². The fourth-order valence-corrected chi connectivity index (χ4v) is 2.56. The van der Waals surface area contributed by atoms with Gasteiger partial charge in [-0.1, -0.05) is 6.42 Å². The SMILES string of the molecule is O=C(Nc1cnn([C@@H]2O[C@H](CO)[C@@H](O)[C@H]2O)c(=O)n1)C1CCC1. The number of amides is 1. The number of hydrogen-bond donors (Lipinski definition) is 4. The highest BCUT2D eigenvalue weighted by Crippen LogP contribution is 2.28. The summed E-state index contributed by atoms with van der Waals surface area (Å²) in [6, 6.07) is 0. The molecule has 2 aliphatic rings. The van der Waals surface area contributed by atoms with E-state index < -0.39 is 36.8 Å². The van der Waals surface area contributed by atoms with Crippen LogP contribution in [-0.4, -0.2) is 60.9 Å². The zero-order valence-electron chi connectivity index (χ0n) is 12.2. The minimum absolute atomic E-state index is 0.0230. The van der Waals surface area contributed by atoms with Gasteiger partial charge >= 0.3 is 5.69 Å². The van der Waals surface area contributed by atoms with Gasteiger partial charge in [-0.25, -0.2) is 4.79 Å². The summed E-state index contributed by atoms with van der Waals surface area (Å²) in [7, 11) is 0. The fourth-order valence-electron chi connectivity index (χ4n) is 2.56. The van der Waals surface area contributed by atoms with Crippen molar-refractivity contribution in [2.24, 2.45) is 5.92 Å². The van der Waals surface area contributed by atoms with E-state index in [9.17, 15) is 19.8 Å². The summed E-state index contributed by atoms with van der Waals surface area (Å²) < 4.78 is 5.98. The van der Waals surface area contributed by atoms with E-state index in [4.69, 9.17) is 9.84 Å². The van der Waals surface area contributed by atoms with Gasteiger partial charge < -0.3 is 25.4 Å². The van der Waals surface area contributed by atoms with E-state index in [1.807, 2.05) is 0 Å². The minimum Gasteiger partial charge on any atom is -0.394 e. The molecule has 4 N–H and O–H groups in total. The van der Waals surface area contributed by atoms with Gasteiger partial charge in [0, 0.05) is 5.92 Å². The monoisotopic (exact) mass is 326 g/mol. The van der Waals surface area contributed by atoms with Crippen LogP contribution in [0.5, 0.6) is 0 Å². The highest BCUT2D eigenvalue weighted by Gasteiger charge is 2.44. The molecule has 10 nitrogen and oxygen atoms in total. The van der Waals surface area contributed by atoms with Gasteiger partial charge in [-0.05, 0) is 12.8 Å². The molecule has 2 heterocycles. The molecule has 0 bridgehead atoms. The Kier molecular flexibility index (Phi) is 4.39. The Bertz CT molecular complexity index is 646. The first kappa shape index (κ1) is 16.0. The van der Waals surface area contributed by atoms with Crippen molar-refractivity contribution in [2.45, 2.75) is 43.8 Å². The number of rotatable bonds is 4. The number of carbonyl (C=O) groups excluding carboxylic acids is 1. The molecule has 4 atom stereocenters. The van der Waals surface area contributed by atoms with Gasteiger partial charge in [-0.3, -0.25) is 4.79 Å². The third-order valence-electron chi connectivity index (χ3n) is 4.20. The van der Waals surface area contributed by atoms with E-state index >= 15 is 0 Å². The van der Waals surface area contributed by atoms with Crippen LogP contribution >= 0.6 is 0 Å². The second-order valence-electron chi connectivity index (χ2n) is 5.71. The average Bonchev–Trinajstić information content (AvgIpc) is 2.73. The van der Waals surface area contributed by atoms with E-state index in [2.05, 4.69) is 15.4 Å². The number of aromatic nitrogens is 3. The van der Waals surface area contributed by atoms with Crippen molar-refractivity contribution >= 4 is 11.7 Å². The third-order valence-corrected chi connectivity index (χ3v) is 4.20. The molecule has 1 aliphatic carbocycles. The predicted octanol–water partition coefficient (Wildman–Crippen LogP) is -2.01. The van der Waals surface area contributed by atoms with Gasteiger partial charge in [0.2, 0.25) is 5.91 Å². The first-order chi connectivity index (χ1) is 11.0. The molecule has 3 rings (SSSR count). The summed E-state index contributed by atoms with van der Waals surface area (Å²) in [6.45, 7) is -0.508. The van der Waals surface area contributed by atoms with Crippen molar-refractivity contribution < 1.29 is 24.9 Å². The Labute approximate surface area is 130 Å². The second-order valence-corrected chi connectivity index (χ2v) is 5.71. The molecule has 126 valence electrons. The molecule has 10 heteroatoms. The molecule has 1 amide bonds. The van der Waals surface area contributed by atoms with Crippen LogP contribution < -0.4 is 11.0 Å². The zero-order valence-corrected chi connectivity index (χ0v) is 12.2. The zero-order chi connectivity index (χ0) is 16.6. The lowest BCUT2D eigenvalue weighted by atomic mass is 9.85. The van der Waals surface area contributed by atoms with E-state index in [1.54, 1.807) is 0 Å². The number of anilines is 1. The lowest BCUT2D eigenvalue weighted by Gasteiger charge is -2.23. The largest absolute Gasteiger partial charge is 0.394 e. The number of aliphatic hydroxyl groups is 3. The molecule has 1 aromatic heterocycles. The molecular formula is C13H18N4O6. The quantitative estimate of drug-likeness (QED) is 0.496. The standard InChI is InChI=1S/C13H18N4O6/c18-5-7-9(19)10(20)12(23-7)17-13(22)16-8(4-14-17)15-11(21)6-2-1-3-6/h4,6-7,9-10,12,18-20H,1-3,5H2,(H,15,16,21,22)/t7-,9-,10-,12-/m1/s1. The number of ether oxygens (including phenoxy) is 1. The Balaban J connectivity index is 1.74. The summed E-state index contributed by atoms with van der Waals surface area (Å²) in [5, 5.41) is 35.0. The lowest BCUT2D eigenvalue weighted by Crippen LogP contribution is -2.38. The van der Waals surface area contributed by atoms with Crippen LogP contribution in [0, 0.1) is 5.92 Å². The Morgan fingerprint density at radius 1 is 1.39 bits per heavy atom. The highest BCUT2D eigenvalue weighted by atomic mass is 16.6. The summed E-state index contributed by atoms with van der Waals surface area (Å²) >= 11 is 0. The van der Waals surface area contributed by atoms with Gasteiger partial charge in [0.25, 0.3) is 0 Å². The maximum atomic E-state index is 12.0. The van der Waals surface area contributed by atoms with Crippen LogP contribution in [0.3, 0.4) is 0 Å². The molecule has 1 saturated carbocycles. The maximum Gasteiger partial charge on any atom is 0.368 e. The van der Waals surface area contributed by atoms with Crippen LogP contribution in [0.4, 0.5) is 5.82 Å². The summed E-state index contributed by atoms with van der Waals surface area (Å²) in [6.07, 6.45) is -1.20. The number of hydrogen-bond acceptors (Lipinski definition) is 8. The molecule has 0 radical (unpaired) electrons. The highest BCUT2D eigenvalue weighted by molar-refractivity contribution is 5.91. The van der Waals surface area contributed by atoms with Crippen LogP contribution in [0.2, 0.25) is 0 Å². The van der Waals surface area contributed by atoms with E-state index in [0.717, 1.165) is 23.9 Å². The smallest absolute Gasteiger partial charge is 0.368 e. The van der Waals surface area contributed by atoms with Gasteiger partial charge in [0.15, 0.2) is 12.0 Å². The number of nitrogens with zero attached hydrogens (tertiary/aromatic N) is 3. The van der Waals surface area contributed by atoms with Crippen molar-refractivity contribution in [2.75, 3.05) is 11.9 Å². The molecule has 23 heavy (non-hydrogen) atoms. The number of nitrogens with one attached hydrogen (secondary N) is 1. The van der Waals surface area contributed by atoms with Gasteiger partial charge in [-0.2, -0.15) is 14.8 Å². The van der Waals surface area contributed by atoms with Crippen LogP contribution in [0.1, 0.15) is 25.5 Å². The lowest BCUT2D eigenvalue weighted by molar-refractivity contribution is -0.122. The van der Waals surface area contributed by atoms with Crippen molar-refractivity contribution in [1.82, 2.24) is 14.8 Å². The third kappa shape index (κ3) is 2.98.